The van der Waals surface area contributed by atoms with Crippen LogP contribution >= 0.6 is 0 Å². The highest BCUT2D eigenvalue weighted by atomic mass is 19.1. The number of nitrogens with one attached hydrogen (secondary N) is 1. The van der Waals surface area contributed by atoms with Crippen molar-refractivity contribution in [1.82, 2.24) is 9.88 Å². The molecule has 1 aliphatic heterocycles. The van der Waals surface area contributed by atoms with Gasteiger partial charge in [0.05, 0.1) is 0 Å². The number of halogens is 1. The van der Waals surface area contributed by atoms with Gasteiger partial charge in [-0.2, -0.15) is 0 Å². The minimum atomic E-state index is -0.277. The number of carbonyl (C=O) groups excluding carboxylic acids is 1. The first kappa shape index (κ1) is 20.2. The number of anilines is 1. The first-order valence-corrected chi connectivity index (χ1v) is 10.8. The lowest BCUT2D eigenvalue weighted by atomic mass is 10.0. The van der Waals surface area contributed by atoms with Crippen LogP contribution in [0.2, 0.25) is 0 Å². The summed E-state index contributed by atoms with van der Waals surface area (Å²) >= 11 is 0. The molecular weight excluding hydrogens is 405 g/mol. The monoisotopic (exact) mass is 429 g/mol. The number of likely N-dealkylation sites (tertiary alicyclic amines) is 1. The molecule has 2 amide bonds. The number of para-hydroxylation sites is 1. The van der Waals surface area contributed by atoms with E-state index in [4.69, 9.17) is 4.42 Å². The molecule has 0 saturated carbocycles. The number of hydrogen-bond donors (Lipinski definition) is 1. The van der Waals surface area contributed by atoms with Gasteiger partial charge in [0.15, 0.2) is 5.58 Å². The Morgan fingerprint density at radius 2 is 1.88 bits per heavy atom. The van der Waals surface area contributed by atoms with Crippen molar-refractivity contribution in [2.24, 2.45) is 0 Å². The Morgan fingerprint density at radius 3 is 2.66 bits per heavy atom. The zero-order chi connectivity index (χ0) is 22.2. The van der Waals surface area contributed by atoms with Crippen molar-refractivity contribution in [2.75, 3.05) is 11.9 Å². The van der Waals surface area contributed by atoms with Gasteiger partial charge in [0, 0.05) is 17.8 Å². The van der Waals surface area contributed by atoms with E-state index in [1.165, 1.54) is 6.07 Å². The van der Waals surface area contributed by atoms with Crippen molar-refractivity contribution in [3.8, 4) is 11.1 Å². The van der Waals surface area contributed by atoms with E-state index >= 15 is 0 Å². The number of aryl methyl sites for hydroxylation is 2. The summed E-state index contributed by atoms with van der Waals surface area (Å²) in [5.74, 6) is 0.237. The highest BCUT2D eigenvalue weighted by molar-refractivity contribution is 5.91. The van der Waals surface area contributed by atoms with E-state index in [0.29, 0.717) is 29.1 Å². The van der Waals surface area contributed by atoms with Crippen molar-refractivity contribution < 1.29 is 13.6 Å². The van der Waals surface area contributed by atoms with E-state index in [-0.39, 0.29) is 17.9 Å². The second kappa shape index (κ2) is 8.11. The maximum absolute atomic E-state index is 14.2. The molecule has 1 saturated heterocycles. The number of nitrogens with zero attached hydrogens (tertiary/aromatic N) is 2. The fraction of sp³-hybridized carbons (Fsp3) is 0.231. The summed E-state index contributed by atoms with van der Waals surface area (Å²) < 4.78 is 20.2. The molecule has 1 atom stereocenters. The SMILES string of the molecule is Cc1cccc(C)c1NC(=O)N1CCC[C@H]1c1nc2cc(-c3ccccc3F)ccc2o1. The first-order valence-electron chi connectivity index (χ1n) is 10.8. The van der Waals surface area contributed by atoms with Crippen LogP contribution in [-0.4, -0.2) is 22.5 Å². The highest BCUT2D eigenvalue weighted by Crippen LogP contribution is 2.35. The number of rotatable bonds is 3. The van der Waals surface area contributed by atoms with E-state index < -0.39 is 0 Å². The summed E-state index contributed by atoms with van der Waals surface area (Å²) in [5, 5.41) is 3.07. The third kappa shape index (κ3) is 3.62. The molecule has 5 rings (SSSR count). The number of hydrogen-bond acceptors (Lipinski definition) is 3. The highest BCUT2D eigenvalue weighted by Gasteiger charge is 2.34. The standard InChI is InChI=1S/C26H24FN3O2/c1-16-7-5-8-17(2)24(16)29-26(31)30-14-6-11-22(30)25-28-21-15-18(12-13-23(21)32-25)19-9-3-4-10-20(19)27/h3-5,7-10,12-13,15,22H,6,11,14H2,1-2H3,(H,29,31)/t22-/m0/s1. The Balaban J connectivity index is 1.42. The van der Waals surface area contributed by atoms with Crippen molar-refractivity contribution in [1.29, 1.82) is 0 Å². The number of aromatic nitrogens is 1. The first-order chi connectivity index (χ1) is 15.5. The van der Waals surface area contributed by atoms with Gasteiger partial charge in [-0.05, 0) is 61.6 Å². The number of carbonyl (C=O) groups is 1. The molecule has 0 radical (unpaired) electrons. The molecule has 32 heavy (non-hydrogen) atoms. The molecular formula is C26H24FN3O2. The molecule has 0 spiro atoms. The number of benzene rings is 3. The summed E-state index contributed by atoms with van der Waals surface area (Å²) in [4.78, 5) is 19.6. The molecule has 1 aromatic heterocycles. The molecule has 0 unspecified atom stereocenters. The van der Waals surface area contributed by atoms with Crippen LogP contribution in [0.4, 0.5) is 14.9 Å². The zero-order valence-electron chi connectivity index (χ0n) is 18.1. The second-order valence-electron chi connectivity index (χ2n) is 8.26. The summed E-state index contributed by atoms with van der Waals surface area (Å²) in [6, 6.07) is 17.7. The Hall–Kier alpha value is -3.67. The lowest BCUT2D eigenvalue weighted by Crippen LogP contribution is -2.35. The van der Waals surface area contributed by atoms with Gasteiger partial charge in [0.1, 0.15) is 17.4 Å². The normalized spacial score (nSPS) is 16.0. The van der Waals surface area contributed by atoms with Gasteiger partial charge < -0.3 is 14.6 Å². The minimum absolute atomic E-state index is 0.154. The molecule has 6 heteroatoms. The average Bonchev–Trinajstić information content (AvgIpc) is 3.43. The van der Waals surface area contributed by atoms with Gasteiger partial charge in [-0.15, -0.1) is 0 Å². The van der Waals surface area contributed by atoms with Gasteiger partial charge in [-0.1, -0.05) is 42.5 Å². The fourth-order valence-electron chi connectivity index (χ4n) is 4.41. The van der Waals surface area contributed by atoms with Gasteiger partial charge in [0.2, 0.25) is 5.89 Å². The summed E-state index contributed by atoms with van der Waals surface area (Å²) in [6.07, 6.45) is 1.66. The van der Waals surface area contributed by atoms with E-state index in [9.17, 15) is 9.18 Å². The quantitative estimate of drug-likeness (QED) is 0.398. The molecule has 3 aromatic carbocycles. The topological polar surface area (TPSA) is 58.4 Å². The Bertz CT molecular complexity index is 1290. The average molecular weight is 429 g/mol. The number of fused-ring (bicyclic) bond motifs is 1. The van der Waals surface area contributed by atoms with E-state index in [1.54, 1.807) is 17.0 Å². The molecule has 4 aromatic rings. The maximum Gasteiger partial charge on any atom is 0.322 e. The third-order valence-corrected chi connectivity index (χ3v) is 6.10. The molecule has 162 valence electrons. The van der Waals surface area contributed by atoms with Crippen LogP contribution in [0, 0.1) is 19.7 Å². The van der Waals surface area contributed by atoms with Gasteiger partial charge in [0.25, 0.3) is 0 Å². The third-order valence-electron chi connectivity index (χ3n) is 6.10. The Labute approximate surface area is 185 Å². The van der Waals surface area contributed by atoms with E-state index in [0.717, 1.165) is 35.2 Å². The van der Waals surface area contributed by atoms with Gasteiger partial charge >= 0.3 is 6.03 Å². The van der Waals surface area contributed by atoms with Gasteiger partial charge in [-0.25, -0.2) is 14.2 Å². The number of amides is 2. The zero-order valence-corrected chi connectivity index (χ0v) is 18.1. The fourth-order valence-corrected chi connectivity index (χ4v) is 4.41. The Kier molecular flexibility index (Phi) is 5.13. The van der Waals surface area contributed by atoms with Crippen LogP contribution in [0.3, 0.4) is 0 Å². The molecule has 5 nitrogen and oxygen atoms in total. The summed E-state index contributed by atoms with van der Waals surface area (Å²) in [7, 11) is 0. The molecule has 2 heterocycles. The minimum Gasteiger partial charge on any atom is -0.438 e. The van der Waals surface area contributed by atoms with Crippen molar-refractivity contribution >= 4 is 22.8 Å². The smallest absolute Gasteiger partial charge is 0.322 e. The van der Waals surface area contributed by atoms with Crippen LogP contribution in [0.25, 0.3) is 22.2 Å². The van der Waals surface area contributed by atoms with E-state index in [1.807, 2.05) is 56.3 Å². The molecule has 1 fully saturated rings. The van der Waals surface area contributed by atoms with Gasteiger partial charge in [-0.3, -0.25) is 0 Å². The second-order valence-corrected chi connectivity index (χ2v) is 8.26. The predicted molar refractivity (Wildman–Crippen MR) is 123 cm³/mol. The van der Waals surface area contributed by atoms with Crippen molar-refractivity contribution in [2.45, 2.75) is 32.7 Å². The molecule has 0 bridgehead atoms. The Morgan fingerprint density at radius 1 is 1.09 bits per heavy atom. The largest absolute Gasteiger partial charge is 0.438 e. The molecule has 1 N–H and O–H groups in total. The summed E-state index contributed by atoms with van der Waals surface area (Å²) in [6.45, 7) is 4.61. The van der Waals surface area contributed by atoms with Crippen molar-refractivity contribution in [3.63, 3.8) is 0 Å². The van der Waals surface area contributed by atoms with Crippen LogP contribution in [-0.2, 0) is 0 Å². The molecule has 1 aliphatic rings. The van der Waals surface area contributed by atoms with Crippen LogP contribution in [0.15, 0.2) is 65.1 Å². The molecule has 0 aliphatic carbocycles. The number of urea groups is 1. The van der Waals surface area contributed by atoms with Crippen molar-refractivity contribution in [3.05, 3.63) is 83.5 Å². The maximum atomic E-state index is 14.2. The number of oxazole rings is 1. The van der Waals surface area contributed by atoms with Crippen LogP contribution in [0.5, 0.6) is 0 Å². The van der Waals surface area contributed by atoms with E-state index in [2.05, 4.69) is 10.3 Å². The lowest BCUT2D eigenvalue weighted by molar-refractivity contribution is 0.199. The lowest BCUT2D eigenvalue weighted by Gasteiger charge is -2.23. The van der Waals surface area contributed by atoms with Crippen LogP contribution in [0.1, 0.15) is 35.9 Å². The van der Waals surface area contributed by atoms with Crippen LogP contribution < -0.4 is 5.32 Å². The summed E-state index contributed by atoms with van der Waals surface area (Å²) in [5.41, 5.74) is 5.44. The predicted octanol–water partition coefficient (Wildman–Crippen LogP) is 6.62.